The lowest BCUT2D eigenvalue weighted by atomic mass is 9.78. The molecule has 0 saturated carbocycles. The van der Waals surface area contributed by atoms with E-state index in [-0.39, 0.29) is 18.8 Å². The average Bonchev–Trinajstić information content (AvgIpc) is 3.09. The Morgan fingerprint density at radius 1 is 1.23 bits per heavy atom. The second-order valence-corrected chi connectivity index (χ2v) is 8.38. The number of nitrogens with one attached hydrogen (secondary N) is 2. The summed E-state index contributed by atoms with van der Waals surface area (Å²) in [5.41, 5.74) is 3.94. The molecule has 3 aliphatic rings. The van der Waals surface area contributed by atoms with Gasteiger partial charge in [-0.2, -0.15) is 0 Å². The van der Waals surface area contributed by atoms with Crippen molar-refractivity contribution in [3.05, 3.63) is 29.3 Å². The SMILES string of the molecule is Cc1cccc2c1NCC2C1CCN(C(CO)C2CCNCC2)CC1O. The number of aliphatic hydroxyl groups is 2. The first-order valence-corrected chi connectivity index (χ1v) is 10.3. The third-order valence-electron chi connectivity index (χ3n) is 6.97. The van der Waals surface area contributed by atoms with Crippen LogP contribution in [0.3, 0.4) is 0 Å². The van der Waals surface area contributed by atoms with E-state index in [9.17, 15) is 10.2 Å². The zero-order chi connectivity index (χ0) is 18.1. The minimum Gasteiger partial charge on any atom is -0.395 e. The molecule has 4 rings (SSSR count). The molecule has 3 heterocycles. The van der Waals surface area contributed by atoms with Crippen LogP contribution in [0.25, 0.3) is 0 Å². The molecule has 26 heavy (non-hydrogen) atoms. The number of hydrogen-bond donors (Lipinski definition) is 4. The van der Waals surface area contributed by atoms with Gasteiger partial charge in [0, 0.05) is 30.7 Å². The number of hydrogen-bond acceptors (Lipinski definition) is 5. The third-order valence-corrected chi connectivity index (χ3v) is 6.97. The van der Waals surface area contributed by atoms with E-state index in [1.54, 1.807) is 0 Å². The predicted octanol–water partition coefficient (Wildman–Crippen LogP) is 1.55. The fourth-order valence-corrected chi connectivity index (χ4v) is 5.48. The van der Waals surface area contributed by atoms with E-state index in [0.717, 1.165) is 45.4 Å². The summed E-state index contributed by atoms with van der Waals surface area (Å²) in [6.45, 7) is 7.05. The van der Waals surface area contributed by atoms with E-state index in [2.05, 4.69) is 40.7 Å². The van der Waals surface area contributed by atoms with Crippen molar-refractivity contribution in [1.29, 1.82) is 0 Å². The normalized spacial score (nSPS) is 31.4. The van der Waals surface area contributed by atoms with Gasteiger partial charge in [-0.3, -0.25) is 4.90 Å². The summed E-state index contributed by atoms with van der Waals surface area (Å²) in [7, 11) is 0. The highest BCUT2D eigenvalue weighted by molar-refractivity contribution is 5.62. The number of rotatable bonds is 4. The summed E-state index contributed by atoms with van der Waals surface area (Å²) < 4.78 is 0. The van der Waals surface area contributed by atoms with Gasteiger partial charge in [-0.25, -0.2) is 0 Å². The van der Waals surface area contributed by atoms with Crippen molar-refractivity contribution in [1.82, 2.24) is 10.2 Å². The molecule has 0 aromatic heterocycles. The van der Waals surface area contributed by atoms with Gasteiger partial charge < -0.3 is 20.8 Å². The molecule has 144 valence electrons. The zero-order valence-corrected chi connectivity index (χ0v) is 15.8. The Hall–Kier alpha value is -1.14. The number of benzene rings is 1. The van der Waals surface area contributed by atoms with Gasteiger partial charge in [-0.05, 0) is 68.8 Å². The van der Waals surface area contributed by atoms with Crippen LogP contribution in [-0.2, 0) is 0 Å². The molecule has 0 spiro atoms. The van der Waals surface area contributed by atoms with E-state index in [1.165, 1.54) is 16.8 Å². The number of nitrogens with zero attached hydrogens (tertiary/aromatic N) is 1. The highest BCUT2D eigenvalue weighted by Crippen LogP contribution is 2.42. The van der Waals surface area contributed by atoms with Gasteiger partial charge in [0.1, 0.15) is 0 Å². The Labute approximate surface area is 156 Å². The summed E-state index contributed by atoms with van der Waals surface area (Å²) >= 11 is 0. The standard InChI is InChI=1S/C21H33N3O2/c1-14-3-2-4-17-18(11-23-21(14)17)16-7-10-24(12-20(16)26)19(13-25)15-5-8-22-9-6-15/h2-4,15-16,18-20,22-23,25-26H,5-13H2,1H3. The molecule has 4 N–H and O–H groups in total. The highest BCUT2D eigenvalue weighted by atomic mass is 16.3. The summed E-state index contributed by atoms with van der Waals surface area (Å²) in [5.74, 6) is 1.24. The molecule has 0 aliphatic carbocycles. The molecule has 2 saturated heterocycles. The number of piperidine rings is 2. The zero-order valence-electron chi connectivity index (χ0n) is 15.8. The first kappa shape index (κ1) is 18.2. The number of likely N-dealkylation sites (tertiary alicyclic amines) is 1. The summed E-state index contributed by atoms with van der Waals surface area (Å²) in [4.78, 5) is 2.36. The second-order valence-electron chi connectivity index (χ2n) is 8.38. The van der Waals surface area contributed by atoms with Gasteiger partial charge in [0.2, 0.25) is 0 Å². The van der Waals surface area contributed by atoms with Crippen molar-refractivity contribution in [3.63, 3.8) is 0 Å². The molecule has 0 bridgehead atoms. The fourth-order valence-electron chi connectivity index (χ4n) is 5.48. The smallest absolute Gasteiger partial charge is 0.0702 e. The van der Waals surface area contributed by atoms with Crippen molar-refractivity contribution in [2.45, 2.75) is 44.2 Å². The minimum absolute atomic E-state index is 0.198. The first-order valence-electron chi connectivity index (χ1n) is 10.3. The highest BCUT2D eigenvalue weighted by Gasteiger charge is 2.40. The van der Waals surface area contributed by atoms with Gasteiger partial charge in [0.15, 0.2) is 0 Å². The monoisotopic (exact) mass is 359 g/mol. The Balaban J connectivity index is 1.43. The quantitative estimate of drug-likeness (QED) is 0.657. The Kier molecular flexibility index (Phi) is 5.50. The fraction of sp³-hybridized carbons (Fsp3) is 0.714. The van der Waals surface area contributed by atoms with Crippen LogP contribution in [0.5, 0.6) is 0 Å². The van der Waals surface area contributed by atoms with Gasteiger partial charge in [0.05, 0.1) is 12.7 Å². The summed E-state index contributed by atoms with van der Waals surface area (Å²) in [6.07, 6.45) is 2.93. The van der Waals surface area contributed by atoms with Crippen LogP contribution < -0.4 is 10.6 Å². The Morgan fingerprint density at radius 3 is 2.77 bits per heavy atom. The molecule has 4 atom stereocenters. The van der Waals surface area contributed by atoms with Crippen molar-refractivity contribution in [2.24, 2.45) is 11.8 Å². The van der Waals surface area contributed by atoms with E-state index >= 15 is 0 Å². The van der Waals surface area contributed by atoms with Gasteiger partial charge in [-0.15, -0.1) is 0 Å². The van der Waals surface area contributed by atoms with Crippen LogP contribution in [0, 0.1) is 18.8 Å². The number of β-amino-alcohol motifs (C(OH)–C–C–N with tert-alkyl or cyclic N) is 1. The lowest BCUT2D eigenvalue weighted by Gasteiger charge is -2.44. The van der Waals surface area contributed by atoms with Crippen molar-refractivity contribution in [2.75, 3.05) is 44.6 Å². The molecule has 1 aromatic carbocycles. The van der Waals surface area contributed by atoms with E-state index in [4.69, 9.17) is 0 Å². The molecule has 3 aliphatic heterocycles. The van der Waals surface area contributed by atoms with Gasteiger partial charge >= 0.3 is 0 Å². The third kappa shape index (κ3) is 3.38. The average molecular weight is 360 g/mol. The Morgan fingerprint density at radius 2 is 2.04 bits per heavy atom. The molecule has 2 fully saturated rings. The maximum atomic E-state index is 11.0. The number of aryl methyl sites for hydroxylation is 1. The van der Waals surface area contributed by atoms with Crippen molar-refractivity contribution in [3.8, 4) is 0 Å². The molecular formula is C21H33N3O2. The maximum absolute atomic E-state index is 11.0. The lowest BCUT2D eigenvalue weighted by molar-refractivity contribution is -0.0315. The molecule has 5 heteroatoms. The van der Waals surface area contributed by atoms with Gasteiger partial charge in [-0.1, -0.05) is 18.2 Å². The Bertz CT molecular complexity index is 617. The molecule has 0 amide bonds. The number of aliphatic hydroxyl groups excluding tert-OH is 2. The van der Waals surface area contributed by atoms with E-state index in [0.29, 0.717) is 24.3 Å². The van der Waals surface area contributed by atoms with Gasteiger partial charge in [0.25, 0.3) is 0 Å². The van der Waals surface area contributed by atoms with Crippen LogP contribution in [0.1, 0.15) is 36.3 Å². The predicted molar refractivity (Wildman–Crippen MR) is 105 cm³/mol. The van der Waals surface area contributed by atoms with Crippen molar-refractivity contribution < 1.29 is 10.2 Å². The van der Waals surface area contributed by atoms with Crippen LogP contribution in [-0.4, -0.2) is 66.6 Å². The lowest BCUT2D eigenvalue weighted by Crippen LogP contribution is -2.54. The van der Waals surface area contributed by atoms with E-state index in [1.807, 2.05) is 0 Å². The van der Waals surface area contributed by atoms with Crippen LogP contribution >= 0.6 is 0 Å². The number of fused-ring (bicyclic) bond motifs is 1. The van der Waals surface area contributed by atoms with Crippen molar-refractivity contribution >= 4 is 5.69 Å². The van der Waals surface area contributed by atoms with Crippen LogP contribution in [0.15, 0.2) is 18.2 Å². The summed E-state index contributed by atoms with van der Waals surface area (Å²) in [6, 6.07) is 6.70. The topological polar surface area (TPSA) is 67.8 Å². The number of para-hydroxylation sites is 1. The van der Waals surface area contributed by atoms with Crippen LogP contribution in [0.4, 0.5) is 5.69 Å². The molecule has 1 aromatic rings. The maximum Gasteiger partial charge on any atom is 0.0702 e. The minimum atomic E-state index is -0.322. The molecular weight excluding hydrogens is 326 g/mol. The van der Waals surface area contributed by atoms with Crippen LogP contribution in [0.2, 0.25) is 0 Å². The first-order chi connectivity index (χ1) is 12.7. The number of anilines is 1. The van der Waals surface area contributed by atoms with E-state index < -0.39 is 0 Å². The largest absolute Gasteiger partial charge is 0.395 e. The molecule has 0 radical (unpaired) electrons. The summed E-state index contributed by atoms with van der Waals surface area (Å²) in [5, 5.41) is 27.9. The second kappa shape index (κ2) is 7.85. The molecule has 5 nitrogen and oxygen atoms in total. The molecule has 4 unspecified atom stereocenters.